The van der Waals surface area contributed by atoms with Crippen LogP contribution in [-0.4, -0.2) is 0 Å². The van der Waals surface area contributed by atoms with Crippen LogP contribution in [-0.2, 0) is 0 Å². The molecule has 1 aromatic carbocycles. The number of rotatable bonds is 2. The lowest BCUT2D eigenvalue weighted by Crippen LogP contribution is -2.14. The van der Waals surface area contributed by atoms with Gasteiger partial charge in [-0.25, -0.2) is 4.39 Å². The van der Waals surface area contributed by atoms with Gasteiger partial charge in [0.05, 0.1) is 5.02 Å². The largest absolute Gasteiger partial charge is 0.324 e. The summed E-state index contributed by atoms with van der Waals surface area (Å²) in [6.07, 6.45) is 2.12. The molecule has 1 aliphatic carbocycles. The number of nitrogens with two attached hydrogens (primary N) is 1. The molecule has 0 heterocycles. The molecular weight excluding hydrogens is 224 g/mol. The Labute approximate surface area is 92.0 Å². The van der Waals surface area contributed by atoms with E-state index >= 15 is 0 Å². The average molecular weight is 234 g/mol. The molecule has 0 bridgehead atoms. The van der Waals surface area contributed by atoms with Gasteiger partial charge in [-0.15, -0.1) is 0 Å². The first-order chi connectivity index (χ1) is 6.59. The van der Waals surface area contributed by atoms with Crippen molar-refractivity contribution in [2.75, 3.05) is 0 Å². The van der Waals surface area contributed by atoms with Gasteiger partial charge in [0.15, 0.2) is 0 Å². The second-order valence-electron chi connectivity index (χ2n) is 3.65. The molecule has 0 aromatic heterocycles. The lowest BCUT2D eigenvalue weighted by Gasteiger charge is -2.12. The fourth-order valence-electron chi connectivity index (χ4n) is 1.53. The lowest BCUT2D eigenvalue weighted by molar-refractivity contribution is 0.554. The van der Waals surface area contributed by atoms with Gasteiger partial charge in [-0.3, -0.25) is 0 Å². The van der Waals surface area contributed by atoms with Crippen molar-refractivity contribution in [1.82, 2.24) is 0 Å². The van der Waals surface area contributed by atoms with Crippen molar-refractivity contribution >= 4 is 23.2 Å². The Morgan fingerprint density at radius 2 is 2.00 bits per heavy atom. The van der Waals surface area contributed by atoms with Crippen molar-refractivity contribution in [3.8, 4) is 0 Å². The molecule has 1 saturated carbocycles. The Hall–Kier alpha value is -0.310. The van der Waals surface area contributed by atoms with E-state index in [0.717, 1.165) is 12.8 Å². The fourth-order valence-corrected chi connectivity index (χ4v) is 2.04. The number of halogens is 3. The summed E-state index contributed by atoms with van der Waals surface area (Å²) in [5.41, 5.74) is 6.32. The first-order valence-electron chi connectivity index (χ1n) is 4.49. The van der Waals surface area contributed by atoms with Crippen molar-refractivity contribution in [3.63, 3.8) is 0 Å². The predicted octanol–water partition coefficient (Wildman–Crippen LogP) is 3.54. The summed E-state index contributed by atoms with van der Waals surface area (Å²) in [5, 5.41) is 0.478. The summed E-state index contributed by atoms with van der Waals surface area (Å²) in [5.74, 6) is -0.0468. The highest BCUT2D eigenvalue weighted by molar-refractivity contribution is 6.34. The summed E-state index contributed by atoms with van der Waals surface area (Å²) in [6.45, 7) is 0. The highest BCUT2D eigenvalue weighted by atomic mass is 35.5. The summed E-state index contributed by atoms with van der Waals surface area (Å²) < 4.78 is 13.5. The van der Waals surface area contributed by atoms with E-state index in [2.05, 4.69) is 0 Å². The molecule has 2 N–H and O–H groups in total. The molecule has 14 heavy (non-hydrogen) atoms. The van der Waals surface area contributed by atoms with Gasteiger partial charge in [0.25, 0.3) is 0 Å². The van der Waals surface area contributed by atoms with E-state index in [0.29, 0.717) is 16.5 Å². The van der Waals surface area contributed by atoms with Crippen LogP contribution in [0.15, 0.2) is 12.1 Å². The molecule has 76 valence electrons. The van der Waals surface area contributed by atoms with Gasteiger partial charge in [0.2, 0.25) is 0 Å². The molecule has 4 heteroatoms. The number of hydrogen-bond donors (Lipinski definition) is 1. The van der Waals surface area contributed by atoms with E-state index in [1.165, 1.54) is 6.07 Å². The molecule has 0 saturated heterocycles. The monoisotopic (exact) mass is 233 g/mol. The van der Waals surface area contributed by atoms with Crippen LogP contribution in [0.1, 0.15) is 24.4 Å². The molecule has 1 fully saturated rings. The van der Waals surface area contributed by atoms with E-state index in [9.17, 15) is 4.39 Å². The Morgan fingerprint density at radius 1 is 1.36 bits per heavy atom. The van der Waals surface area contributed by atoms with E-state index in [-0.39, 0.29) is 11.1 Å². The average Bonchev–Trinajstić information content (AvgIpc) is 2.93. The normalized spacial score (nSPS) is 18.3. The van der Waals surface area contributed by atoms with Crippen LogP contribution in [0.3, 0.4) is 0 Å². The zero-order chi connectivity index (χ0) is 10.3. The van der Waals surface area contributed by atoms with Crippen LogP contribution in [0.25, 0.3) is 0 Å². The van der Waals surface area contributed by atoms with Crippen LogP contribution in [0.4, 0.5) is 4.39 Å². The molecule has 1 aromatic rings. The van der Waals surface area contributed by atoms with Gasteiger partial charge in [0.1, 0.15) is 5.82 Å². The quantitative estimate of drug-likeness (QED) is 0.778. The maximum atomic E-state index is 13.5. The minimum absolute atomic E-state index is 0.0450. The van der Waals surface area contributed by atoms with Crippen molar-refractivity contribution in [2.45, 2.75) is 18.9 Å². The van der Waals surface area contributed by atoms with Gasteiger partial charge in [-0.1, -0.05) is 23.2 Å². The Balaban J connectivity index is 2.39. The Bertz CT molecular complexity index is 363. The molecule has 0 radical (unpaired) electrons. The Kier molecular flexibility index (Phi) is 2.69. The van der Waals surface area contributed by atoms with Crippen LogP contribution < -0.4 is 5.73 Å². The number of benzene rings is 1. The molecule has 0 aliphatic heterocycles. The molecule has 1 atom stereocenters. The van der Waals surface area contributed by atoms with Crippen LogP contribution >= 0.6 is 23.2 Å². The molecule has 1 nitrogen and oxygen atoms in total. The van der Waals surface area contributed by atoms with E-state index < -0.39 is 5.82 Å². The van der Waals surface area contributed by atoms with E-state index in [4.69, 9.17) is 28.9 Å². The molecular formula is C10H10Cl2FN. The van der Waals surface area contributed by atoms with Crippen molar-refractivity contribution < 1.29 is 4.39 Å². The van der Waals surface area contributed by atoms with Crippen molar-refractivity contribution in [3.05, 3.63) is 33.6 Å². The second kappa shape index (κ2) is 3.69. The zero-order valence-electron chi connectivity index (χ0n) is 7.43. The topological polar surface area (TPSA) is 26.0 Å². The van der Waals surface area contributed by atoms with Gasteiger partial charge >= 0.3 is 0 Å². The molecule has 2 rings (SSSR count). The SMILES string of the molecule is N[C@@H](c1cc(Cl)cc(Cl)c1F)C1CC1. The van der Waals surface area contributed by atoms with Gasteiger partial charge in [0, 0.05) is 16.6 Å². The maximum Gasteiger partial charge on any atom is 0.146 e. The minimum atomic E-state index is -0.435. The number of hydrogen-bond acceptors (Lipinski definition) is 1. The first-order valence-corrected chi connectivity index (χ1v) is 5.25. The highest BCUT2D eigenvalue weighted by Crippen LogP contribution is 2.41. The first kappa shape index (κ1) is 10.2. The zero-order valence-corrected chi connectivity index (χ0v) is 8.95. The van der Waals surface area contributed by atoms with Gasteiger partial charge in [-0.05, 0) is 30.9 Å². The van der Waals surface area contributed by atoms with Gasteiger partial charge < -0.3 is 5.73 Å². The fraction of sp³-hybridized carbons (Fsp3) is 0.400. The molecule has 0 spiro atoms. The van der Waals surface area contributed by atoms with Crippen LogP contribution in [0.5, 0.6) is 0 Å². The van der Waals surface area contributed by atoms with Gasteiger partial charge in [-0.2, -0.15) is 0 Å². The predicted molar refractivity (Wildman–Crippen MR) is 56.1 cm³/mol. The smallest absolute Gasteiger partial charge is 0.146 e. The molecule has 1 aliphatic rings. The molecule has 0 unspecified atom stereocenters. The van der Waals surface area contributed by atoms with E-state index in [1.807, 2.05) is 0 Å². The van der Waals surface area contributed by atoms with E-state index in [1.54, 1.807) is 6.07 Å². The summed E-state index contributed by atoms with van der Waals surface area (Å²) in [7, 11) is 0. The second-order valence-corrected chi connectivity index (χ2v) is 4.50. The third-order valence-corrected chi connectivity index (χ3v) is 3.00. The van der Waals surface area contributed by atoms with Crippen LogP contribution in [0, 0.1) is 11.7 Å². The van der Waals surface area contributed by atoms with Crippen LogP contribution in [0.2, 0.25) is 10.0 Å². The Morgan fingerprint density at radius 3 is 2.57 bits per heavy atom. The minimum Gasteiger partial charge on any atom is -0.324 e. The maximum absolute atomic E-state index is 13.5. The molecule has 0 amide bonds. The highest BCUT2D eigenvalue weighted by Gasteiger charge is 2.31. The lowest BCUT2D eigenvalue weighted by atomic mass is 10.0. The standard InChI is InChI=1S/C10H10Cl2FN/c11-6-3-7(9(13)8(12)4-6)10(14)5-1-2-5/h3-5,10H,1-2,14H2/t10-/m1/s1. The summed E-state index contributed by atoms with van der Waals surface area (Å²) in [6, 6.07) is 2.68. The third kappa shape index (κ3) is 1.88. The summed E-state index contributed by atoms with van der Waals surface area (Å²) >= 11 is 11.5. The summed E-state index contributed by atoms with van der Waals surface area (Å²) in [4.78, 5) is 0. The van der Waals surface area contributed by atoms with Crippen molar-refractivity contribution in [2.24, 2.45) is 11.7 Å². The third-order valence-electron chi connectivity index (χ3n) is 2.51. The van der Waals surface area contributed by atoms with Crippen molar-refractivity contribution in [1.29, 1.82) is 0 Å².